The molecular weight excluding hydrogens is 494 g/mol. The Bertz CT molecular complexity index is 985. The van der Waals surface area contributed by atoms with Gasteiger partial charge in [0, 0.05) is 13.0 Å². The minimum Gasteiger partial charge on any atom is -0.504 e. The molecule has 3 rings (SSSR count). The molecule has 9 nitrogen and oxygen atoms in total. The number of halogens is 1. The van der Waals surface area contributed by atoms with Gasteiger partial charge in [-0.1, -0.05) is 36.4 Å². The fourth-order valence-corrected chi connectivity index (χ4v) is 3.56. The third-order valence-corrected chi connectivity index (χ3v) is 5.30. The van der Waals surface area contributed by atoms with Gasteiger partial charge in [0.2, 0.25) is 5.91 Å². The smallest absolute Gasteiger partial charge is 0.408 e. The molecule has 33 heavy (non-hydrogen) atoms. The Kier molecular flexibility index (Phi) is 8.96. The summed E-state index contributed by atoms with van der Waals surface area (Å²) in [5.74, 6) is -0.101. The van der Waals surface area contributed by atoms with Crippen LogP contribution in [0.1, 0.15) is 17.5 Å². The molecule has 1 heterocycles. The zero-order valence-corrected chi connectivity index (χ0v) is 19.6. The molecule has 1 unspecified atom stereocenters. The highest BCUT2D eigenvalue weighted by Gasteiger charge is 2.23. The third-order valence-electron chi connectivity index (χ3n) is 4.87. The van der Waals surface area contributed by atoms with Crippen LogP contribution in [0.15, 0.2) is 59.2 Å². The van der Waals surface area contributed by atoms with Crippen LogP contribution in [0, 0.1) is 0 Å². The lowest BCUT2D eigenvalue weighted by Crippen LogP contribution is -2.48. The molecule has 1 aliphatic heterocycles. The molecule has 0 bridgehead atoms. The molecule has 0 radical (unpaired) electrons. The number of amides is 2. The van der Waals surface area contributed by atoms with Gasteiger partial charge in [-0.15, -0.1) is 0 Å². The second kappa shape index (κ2) is 12.1. The fourth-order valence-electron chi connectivity index (χ4n) is 3.17. The number of hydrogen-bond acceptors (Lipinski definition) is 7. The number of hydroxylamine groups is 1. The van der Waals surface area contributed by atoms with Crippen molar-refractivity contribution < 1.29 is 29.0 Å². The minimum atomic E-state index is -0.896. The molecule has 0 spiro atoms. The summed E-state index contributed by atoms with van der Waals surface area (Å²) < 4.78 is 11.1. The van der Waals surface area contributed by atoms with Gasteiger partial charge in [-0.3, -0.25) is 15.1 Å². The van der Waals surface area contributed by atoms with Crippen molar-refractivity contribution in [3.05, 3.63) is 70.3 Å². The van der Waals surface area contributed by atoms with Crippen LogP contribution in [-0.2, 0) is 27.4 Å². The number of phenols is 1. The Balaban J connectivity index is 1.61. The number of nitrogens with one attached hydrogen (secondary N) is 3. The van der Waals surface area contributed by atoms with E-state index in [9.17, 15) is 14.7 Å². The van der Waals surface area contributed by atoms with Crippen LogP contribution in [-0.4, -0.2) is 42.9 Å². The molecule has 0 aromatic heterocycles. The van der Waals surface area contributed by atoms with E-state index < -0.39 is 12.1 Å². The number of rotatable bonds is 10. The standard InChI is InChI=1S/C23H26BrN3O6/c1-31-20-12-16(7-8-19(20)28)11-18(22(29)25-10-9-17-13-21(24)27-33-17)26-23(30)32-14-15-5-3-2-4-6-15/h2-8,12-13,17-18,27-28H,9-11,14H2,1H3,(H,25,29)(H,26,30)/t17?,18-/m0/s1. The summed E-state index contributed by atoms with van der Waals surface area (Å²) in [4.78, 5) is 30.6. The van der Waals surface area contributed by atoms with Crippen LogP contribution in [0.3, 0.4) is 0 Å². The normalized spacial score (nSPS) is 15.7. The van der Waals surface area contributed by atoms with E-state index in [1.807, 2.05) is 36.4 Å². The SMILES string of the molecule is COc1cc(C[C@H](NC(=O)OCc2ccccc2)C(=O)NCCC2C=C(Br)NO2)ccc1O. The number of hydrogen-bond donors (Lipinski definition) is 4. The number of phenolic OH excluding ortho intramolecular Hbond substituents is 1. The molecular formula is C23H26BrN3O6. The maximum atomic E-state index is 12.9. The summed E-state index contributed by atoms with van der Waals surface area (Å²) in [5.41, 5.74) is 4.22. The molecule has 2 atom stereocenters. The third kappa shape index (κ3) is 7.69. The Hall–Kier alpha value is -3.24. The number of carbonyl (C=O) groups is 2. The summed E-state index contributed by atoms with van der Waals surface area (Å²) in [7, 11) is 1.44. The molecule has 1 aliphatic rings. The van der Waals surface area contributed by atoms with E-state index >= 15 is 0 Å². The largest absolute Gasteiger partial charge is 0.504 e. The van der Waals surface area contributed by atoms with Gasteiger partial charge in [-0.25, -0.2) is 4.79 Å². The predicted molar refractivity (Wildman–Crippen MR) is 125 cm³/mol. The van der Waals surface area contributed by atoms with E-state index in [1.165, 1.54) is 13.2 Å². The molecule has 0 saturated carbocycles. The topological polar surface area (TPSA) is 118 Å². The molecule has 0 saturated heterocycles. The van der Waals surface area contributed by atoms with Gasteiger partial charge in [-0.2, -0.15) is 0 Å². The first-order chi connectivity index (χ1) is 15.9. The minimum absolute atomic E-state index is 0.0122. The average Bonchev–Trinajstić information content (AvgIpc) is 3.24. The van der Waals surface area contributed by atoms with Crippen molar-refractivity contribution in [1.82, 2.24) is 16.1 Å². The van der Waals surface area contributed by atoms with Crippen molar-refractivity contribution in [3.8, 4) is 11.5 Å². The van der Waals surface area contributed by atoms with E-state index in [-0.39, 0.29) is 36.5 Å². The first-order valence-electron chi connectivity index (χ1n) is 10.3. The van der Waals surface area contributed by atoms with E-state index in [2.05, 4.69) is 32.0 Å². The second-order valence-electron chi connectivity index (χ2n) is 7.32. The Morgan fingerprint density at radius 1 is 1.21 bits per heavy atom. The molecule has 10 heteroatoms. The number of ether oxygens (including phenoxy) is 2. The zero-order valence-electron chi connectivity index (χ0n) is 18.0. The van der Waals surface area contributed by atoms with Crippen molar-refractivity contribution in [2.75, 3.05) is 13.7 Å². The maximum Gasteiger partial charge on any atom is 0.408 e. The highest BCUT2D eigenvalue weighted by molar-refractivity contribution is 9.11. The van der Waals surface area contributed by atoms with Gasteiger partial charge in [0.05, 0.1) is 7.11 Å². The first kappa shape index (κ1) is 24.4. The molecule has 4 N–H and O–H groups in total. The zero-order chi connectivity index (χ0) is 23.6. The van der Waals surface area contributed by atoms with Crippen molar-refractivity contribution in [3.63, 3.8) is 0 Å². The lowest BCUT2D eigenvalue weighted by molar-refractivity contribution is -0.123. The van der Waals surface area contributed by atoms with Crippen LogP contribution >= 0.6 is 15.9 Å². The van der Waals surface area contributed by atoms with E-state index in [0.717, 1.165) is 10.2 Å². The second-order valence-corrected chi connectivity index (χ2v) is 8.18. The molecule has 176 valence electrons. The fraction of sp³-hybridized carbons (Fsp3) is 0.304. The van der Waals surface area contributed by atoms with Gasteiger partial charge in [0.1, 0.15) is 23.4 Å². The predicted octanol–water partition coefficient (Wildman–Crippen LogP) is 2.88. The first-order valence-corrected chi connectivity index (χ1v) is 11.1. The Morgan fingerprint density at radius 2 is 2.00 bits per heavy atom. The molecule has 0 fully saturated rings. The number of alkyl carbamates (subject to hydrolysis) is 1. The quantitative estimate of drug-likeness (QED) is 0.356. The highest BCUT2D eigenvalue weighted by atomic mass is 79.9. The summed E-state index contributed by atoms with van der Waals surface area (Å²) >= 11 is 3.28. The van der Waals surface area contributed by atoms with Crippen molar-refractivity contribution in [1.29, 1.82) is 0 Å². The van der Waals surface area contributed by atoms with Crippen LogP contribution in [0.4, 0.5) is 4.79 Å². The van der Waals surface area contributed by atoms with Crippen molar-refractivity contribution in [2.24, 2.45) is 0 Å². The molecule has 2 aromatic rings. The van der Waals surface area contributed by atoms with Gasteiger partial charge < -0.3 is 25.2 Å². The molecule has 2 amide bonds. The van der Waals surface area contributed by atoms with Crippen LogP contribution in [0.5, 0.6) is 11.5 Å². The van der Waals surface area contributed by atoms with Crippen LogP contribution in [0.2, 0.25) is 0 Å². The average molecular weight is 520 g/mol. The van der Waals surface area contributed by atoms with Gasteiger partial charge >= 0.3 is 6.09 Å². The van der Waals surface area contributed by atoms with Gasteiger partial charge in [0.15, 0.2) is 11.5 Å². The van der Waals surface area contributed by atoms with Crippen molar-refractivity contribution in [2.45, 2.75) is 31.6 Å². The Morgan fingerprint density at radius 3 is 2.70 bits per heavy atom. The number of benzene rings is 2. The van der Waals surface area contributed by atoms with Crippen molar-refractivity contribution >= 4 is 27.9 Å². The van der Waals surface area contributed by atoms with E-state index in [0.29, 0.717) is 18.5 Å². The van der Waals surface area contributed by atoms with E-state index in [4.69, 9.17) is 14.3 Å². The lowest BCUT2D eigenvalue weighted by Gasteiger charge is -2.19. The van der Waals surface area contributed by atoms with E-state index in [1.54, 1.807) is 12.1 Å². The number of methoxy groups -OCH3 is 1. The summed E-state index contributed by atoms with van der Waals surface area (Å²) in [5, 5.41) is 15.3. The highest BCUT2D eigenvalue weighted by Crippen LogP contribution is 2.26. The monoisotopic (exact) mass is 519 g/mol. The van der Waals surface area contributed by atoms with Crippen LogP contribution in [0.25, 0.3) is 0 Å². The summed E-state index contributed by atoms with van der Waals surface area (Å²) in [6.07, 6.45) is 1.69. The van der Waals surface area contributed by atoms with Gasteiger partial charge in [-0.05, 0) is 51.7 Å². The summed E-state index contributed by atoms with van der Waals surface area (Å²) in [6.45, 7) is 0.430. The van der Waals surface area contributed by atoms with Crippen LogP contribution < -0.4 is 20.9 Å². The molecule has 0 aliphatic carbocycles. The summed E-state index contributed by atoms with van der Waals surface area (Å²) in [6, 6.07) is 13.1. The number of carbonyl (C=O) groups excluding carboxylic acids is 2. The number of aromatic hydroxyl groups is 1. The Labute approximate surface area is 200 Å². The lowest BCUT2D eigenvalue weighted by atomic mass is 10.0. The maximum absolute atomic E-state index is 12.9. The van der Waals surface area contributed by atoms with Gasteiger partial charge in [0.25, 0.3) is 0 Å². The molecule has 2 aromatic carbocycles.